The lowest BCUT2D eigenvalue weighted by atomic mass is 9.94. The van der Waals surface area contributed by atoms with Crippen LogP contribution in [0.25, 0.3) is 16.3 Å². The van der Waals surface area contributed by atoms with Crippen molar-refractivity contribution in [1.29, 1.82) is 0 Å². The molecule has 0 aliphatic carbocycles. The summed E-state index contributed by atoms with van der Waals surface area (Å²) in [6.07, 6.45) is 0. The number of halogens is 1. The maximum Gasteiger partial charge on any atom is 0.326 e. The maximum atomic E-state index is 13.3. The average Bonchev–Trinajstić information content (AvgIpc) is 3.53. The normalized spacial score (nSPS) is 16.1. The molecule has 0 saturated carbocycles. The Labute approximate surface area is 205 Å². The zero-order valence-electron chi connectivity index (χ0n) is 18.7. The first-order valence-corrected chi connectivity index (χ1v) is 11.8. The molecule has 0 fully saturated rings. The number of allylic oxidation sites excluding steroid dienone is 1. The average molecular weight is 493 g/mol. The van der Waals surface area contributed by atoms with E-state index in [1.165, 1.54) is 11.3 Å². The number of carbonyl (C=O) groups excluding carboxylic acids is 1. The predicted molar refractivity (Wildman–Crippen MR) is 133 cm³/mol. The molecule has 1 aliphatic heterocycles. The molecule has 5 rings (SSSR count). The molecule has 1 N–H and O–H groups in total. The van der Waals surface area contributed by atoms with Gasteiger partial charge in [0.2, 0.25) is 5.82 Å². The molecular weight excluding hydrogens is 472 g/mol. The molecule has 2 amide bonds. The number of aryl methyl sites for hydroxylation is 1. The second-order valence-corrected chi connectivity index (χ2v) is 9.18. The number of hydrogen-bond acceptors (Lipinski definition) is 6. The lowest BCUT2D eigenvalue weighted by Crippen LogP contribution is -2.46. The van der Waals surface area contributed by atoms with Gasteiger partial charge < -0.3 is 14.6 Å². The van der Waals surface area contributed by atoms with Crippen LogP contribution >= 0.6 is 22.9 Å². The van der Waals surface area contributed by atoms with Crippen LogP contribution in [0.15, 0.2) is 70.2 Å². The number of nitrogens with one attached hydrogen (secondary N) is 1. The molecule has 0 saturated heterocycles. The van der Waals surface area contributed by atoms with Crippen LogP contribution in [-0.2, 0) is 0 Å². The summed E-state index contributed by atoms with van der Waals surface area (Å²) in [5.41, 5.74) is 3.82. The Morgan fingerprint density at radius 2 is 1.94 bits per heavy atom. The van der Waals surface area contributed by atoms with Gasteiger partial charge in [-0.3, -0.25) is 4.90 Å². The zero-order chi connectivity index (χ0) is 23.8. The van der Waals surface area contributed by atoms with Crippen molar-refractivity contribution in [3.63, 3.8) is 0 Å². The number of ether oxygens (including phenoxy) is 1. The minimum absolute atomic E-state index is 0.278. The van der Waals surface area contributed by atoms with Gasteiger partial charge in [0.05, 0.1) is 29.3 Å². The predicted octanol–water partition coefficient (Wildman–Crippen LogP) is 6.47. The van der Waals surface area contributed by atoms with Crippen molar-refractivity contribution >= 4 is 40.2 Å². The molecule has 1 atom stereocenters. The van der Waals surface area contributed by atoms with Crippen LogP contribution in [0.1, 0.15) is 30.0 Å². The molecule has 0 radical (unpaired) electrons. The van der Waals surface area contributed by atoms with E-state index in [4.69, 9.17) is 20.9 Å². The van der Waals surface area contributed by atoms with Crippen molar-refractivity contribution in [2.45, 2.75) is 19.9 Å². The molecule has 1 aliphatic rings. The highest BCUT2D eigenvalue weighted by Gasteiger charge is 2.36. The smallest absolute Gasteiger partial charge is 0.326 e. The molecule has 172 valence electrons. The number of methoxy groups -OCH3 is 1. The highest BCUT2D eigenvalue weighted by Crippen LogP contribution is 2.40. The fraction of sp³-hybridized carbons (Fsp3) is 0.160. The monoisotopic (exact) mass is 492 g/mol. The van der Waals surface area contributed by atoms with Crippen molar-refractivity contribution in [3.8, 4) is 16.5 Å². The molecule has 2 aromatic heterocycles. The first-order chi connectivity index (χ1) is 16.5. The maximum absolute atomic E-state index is 13.3. The zero-order valence-corrected chi connectivity index (χ0v) is 20.3. The number of nitrogens with zero attached hydrogens (tertiary/aromatic N) is 3. The number of urea groups is 1. The minimum Gasteiger partial charge on any atom is -0.497 e. The summed E-state index contributed by atoms with van der Waals surface area (Å²) < 4.78 is 11.0. The molecule has 7 nitrogen and oxygen atoms in total. The summed E-state index contributed by atoms with van der Waals surface area (Å²) in [6.45, 7) is 3.79. The summed E-state index contributed by atoms with van der Waals surface area (Å²) in [5, 5.41) is 9.82. The number of hydrogen-bond donors (Lipinski definition) is 1. The van der Waals surface area contributed by atoms with Gasteiger partial charge in [0.1, 0.15) is 5.75 Å². The largest absolute Gasteiger partial charge is 0.497 e. The Bertz CT molecular complexity index is 1380. The van der Waals surface area contributed by atoms with Crippen molar-refractivity contribution < 1.29 is 14.1 Å². The minimum atomic E-state index is -0.493. The Morgan fingerprint density at radius 1 is 1.15 bits per heavy atom. The number of carbonyl (C=O) groups is 1. The second-order valence-electron chi connectivity index (χ2n) is 7.82. The Balaban J connectivity index is 1.65. The molecule has 2 aromatic carbocycles. The Kier molecular flexibility index (Phi) is 5.85. The molecule has 4 aromatic rings. The van der Waals surface area contributed by atoms with E-state index in [-0.39, 0.29) is 6.03 Å². The van der Waals surface area contributed by atoms with Gasteiger partial charge in [0.25, 0.3) is 5.89 Å². The second kappa shape index (κ2) is 8.96. The van der Waals surface area contributed by atoms with E-state index in [2.05, 4.69) is 15.5 Å². The van der Waals surface area contributed by atoms with Gasteiger partial charge in [0.15, 0.2) is 0 Å². The third-order valence-electron chi connectivity index (χ3n) is 5.75. The fourth-order valence-corrected chi connectivity index (χ4v) is 4.76. The van der Waals surface area contributed by atoms with E-state index in [0.29, 0.717) is 33.7 Å². The van der Waals surface area contributed by atoms with Gasteiger partial charge in [-0.1, -0.05) is 41.0 Å². The van der Waals surface area contributed by atoms with Crippen LogP contribution in [0.2, 0.25) is 5.02 Å². The van der Waals surface area contributed by atoms with E-state index < -0.39 is 6.04 Å². The van der Waals surface area contributed by atoms with Crippen molar-refractivity contribution in [2.24, 2.45) is 0 Å². The molecule has 0 bridgehead atoms. The highest BCUT2D eigenvalue weighted by atomic mass is 35.5. The third kappa shape index (κ3) is 3.95. The van der Waals surface area contributed by atoms with Crippen molar-refractivity contribution in [1.82, 2.24) is 15.5 Å². The topological polar surface area (TPSA) is 80.5 Å². The van der Waals surface area contributed by atoms with Gasteiger partial charge in [0, 0.05) is 10.7 Å². The van der Waals surface area contributed by atoms with Gasteiger partial charge in [-0.25, -0.2) is 4.79 Å². The summed E-state index contributed by atoms with van der Waals surface area (Å²) >= 11 is 7.90. The summed E-state index contributed by atoms with van der Waals surface area (Å²) in [5.74, 6) is 1.56. The molecule has 3 heterocycles. The number of anilines is 1. The van der Waals surface area contributed by atoms with Crippen LogP contribution < -0.4 is 15.0 Å². The third-order valence-corrected chi connectivity index (χ3v) is 7.02. The van der Waals surface area contributed by atoms with Gasteiger partial charge in [-0.2, -0.15) is 4.98 Å². The molecule has 34 heavy (non-hydrogen) atoms. The van der Waals surface area contributed by atoms with Gasteiger partial charge >= 0.3 is 6.03 Å². The van der Waals surface area contributed by atoms with Crippen LogP contribution in [0.3, 0.4) is 0 Å². The Hall–Kier alpha value is -3.62. The summed E-state index contributed by atoms with van der Waals surface area (Å²) in [6, 6.07) is 16.1. The summed E-state index contributed by atoms with van der Waals surface area (Å²) in [4.78, 5) is 20.5. The highest BCUT2D eigenvalue weighted by molar-refractivity contribution is 7.13. The first kappa shape index (κ1) is 22.2. The van der Waals surface area contributed by atoms with E-state index in [1.54, 1.807) is 18.1 Å². The molecule has 9 heteroatoms. The summed E-state index contributed by atoms with van der Waals surface area (Å²) in [7, 11) is 1.61. The number of thiophene rings is 1. The van der Waals surface area contributed by atoms with Crippen LogP contribution in [0, 0.1) is 6.92 Å². The van der Waals surface area contributed by atoms with Crippen molar-refractivity contribution in [3.05, 3.63) is 87.7 Å². The lowest BCUT2D eigenvalue weighted by Gasteiger charge is -2.35. The molecule has 0 spiro atoms. The van der Waals surface area contributed by atoms with Gasteiger partial charge in [-0.05, 0) is 60.7 Å². The SMILES string of the molecule is COc1ccc(C2NC(=O)N(c3ccc(C)c(Cl)c3)C(C)=C2c2nc(-c3cccs3)no2)cc1. The van der Waals surface area contributed by atoms with Crippen LogP contribution in [-0.4, -0.2) is 23.3 Å². The lowest BCUT2D eigenvalue weighted by molar-refractivity contribution is 0.244. The van der Waals surface area contributed by atoms with Crippen LogP contribution in [0.5, 0.6) is 5.75 Å². The number of amides is 2. The van der Waals surface area contributed by atoms with E-state index in [0.717, 1.165) is 21.8 Å². The number of rotatable bonds is 5. The molecular formula is C25H21ClN4O3S. The van der Waals surface area contributed by atoms with Crippen molar-refractivity contribution in [2.75, 3.05) is 12.0 Å². The van der Waals surface area contributed by atoms with Gasteiger partial charge in [-0.15, -0.1) is 11.3 Å². The number of benzene rings is 2. The van der Waals surface area contributed by atoms with Crippen LogP contribution in [0.4, 0.5) is 10.5 Å². The molecule has 1 unspecified atom stereocenters. The van der Waals surface area contributed by atoms with E-state index in [1.807, 2.05) is 67.8 Å². The standard InChI is InChI=1S/C25H21ClN4O3S/c1-14-6-9-17(13-19(14)26)30-15(2)21(24-28-23(29-33-24)20-5-4-12-34-20)22(27-25(30)31)16-7-10-18(32-3)11-8-16/h4-13,22H,1-3H3,(H,27,31). The van der Waals surface area contributed by atoms with E-state index >= 15 is 0 Å². The fourth-order valence-electron chi connectivity index (χ4n) is 3.94. The number of aromatic nitrogens is 2. The first-order valence-electron chi connectivity index (χ1n) is 10.6. The quantitative estimate of drug-likeness (QED) is 0.345. The Morgan fingerprint density at radius 3 is 2.62 bits per heavy atom. The van der Waals surface area contributed by atoms with E-state index in [9.17, 15) is 4.79 Å².